The number of halogens is 1. The fraction of sp³-hybridized carbons (Fsp3) is 0.286. The number of ether oxygens (including phenoxy) is 1. The van der Waals surface area contributed by atoms with E-state index in [1.54, 1.807) is 46.1 Å². The summed E-state index contributed by atoms with van der Waals surface area (Å²) in [5.74, 6) is 0.122. The van der Waals surface area contributed by atoms with Gasteiger partial charge in [0.1, 0.15) is 10.6 Å². The molecule has 1 heterocycles. The monoisotopic (exact) mass is 477 g/mol. The van der Waals surface area contributed by atoms with Gasteiger partial charge in [-0.05, 0) is 37.3 Å². The summed E-state index contributed by atoms with van der Waals surface area (Å²) in [5.41, 5.74) is 1.59. The molecular formula is C21H24ClN5O4S. The van der Waals surface area contributed by atoms with E-state index in [9.17, 15) is 13.2 Å². The van der Waals surface area contributed by atoms with Crippen molar-refractivity contribution in [3.63, 3.8) is 0 Å². The number of sulfonamides is 1. The van der Waals surface area contributed by atoms with Crippen LogP contribution in [0.5, 0.6) is 5.75 Å². The van der Waals surface area contributed by atoms with Gasteiger partial charge >= 0.3 is 0 Å². The van der Waals surface area contributed by atoms with Crippen LogP contribution in [0.1, 0.15) is 30.0 Å². The maximum absolute atomic E-state index is 12.9. The lowest BCUT2D eigenvalue weighted by atomic mass is 10.2. The fourth-order valence-electron chi connectivity index (χ4n) is 3.20. The fourth-order valence-corrected chi connectivity index (χ4v) is 5.16. The molecule has 3 aromatic rings. The van der Waals surface area contributed by atoms with Gasteiger partial charge in [0, 0.05) is 24.8 Å². The van der Waals surface area contributed by atoms with Gasteiger partial charge in [-0.25, -0.2) is 13.1 Å². The number of methoxy groups -OCH3 is 1. The Morgan fingerprint density at radius 2 is 1.91 bits per heavy atom. The van der Waals surface area contributed by atoms with Crippen molar-refractivity contribution < 1.29 is 17.9 Å². The van der Waals surface area contributed by atoms with Gasteiger partial charge in [-0.15, -0.1) is 5.10 Å². The minimum atomic E-state index is -3.80. The number of hydrogen-bond donors (Lipinski definition) is 1. The molecule has 0 bridgehead atoms. The summed E-state index contributed by atoms with van der Waals surface area (Å²) in [4.78, 5) is 12.8. The molecule has 0 saturated heterocycles. The van der Waals surface area contributed by atoms with Crippen molar-refractivity contribution in [2.45, 2.75) is 25.7 Å². The highest BCUT2D eigenvalue weighted by atomic mass is 35.5. The third-order valence-corrected chi connectivity index (χ3v) is 7.45. The molecular weight excluding hydrogens is 454 g/mol. The van der Waals surface area contributed by atoms with Crippen LogP contribution in [0, 0.1) is 6.92 Å². The molecule has 0 saturated carbocycles. The first kappa shape index (κ1) is 23.7. The molecule has 1 N–H and O–H groups in total. The number of carbonyl (C=O) groups is 1. The van der Waals surface area contributed by atoms with E-state index < -0.39 is 15.9 Å². The molecule has 9 nitrogen and oxygen atoms in total. The molecule has 0 aliphatic rings. The maximum atomic E-state index is 12.9. The van der Waals surface area contributed by atoms with Crippen molar-refractivity contribution in [1.29, 1.82) is 0 Å². The standard InChI is InChI=1S/C21H24ClN5O4S/c1-5-26(6-2)32(29,30)19-12-15(10-11-18(19)22)23-21(28)20-14(3)27(25-24-20)16-8-7-9-17(13-16)31-4/h7-13H,5-6H2,1-4H3,(H,23,28). The van der Waals surface area contributed by atoms with E-state index in [1.807, 2.05) is 6.07 Å². The molecule has 0 atom stereocenters. The largest absolute Gasteiger partial charge is 0.497 e. The summed E-state index contributed by atoms with van der Waals surface area (Å²) in [6.07, 6.45) is 0. The molecule has 0 aliphatic carbocycles. The summed E-state index contributed by atoms with van der Waals surface area (Å²) in [7, 11) is -2.23. The van der Waals surface area contributed by atoms with Gasteiger partial charge in [-0.1, -0.05) is 36.7 Å². The molecule has 0 radical (unpaired) electrons. The highest BCUT2D eigenvalue weighted by Gasteiger charge is 2.25. The Labute approximate surface area is 192 Å². The number of nitrogens with one attached hydrogen (secondary N) is 1. The number of aromatic nitrogens is 3. The summed E-state index contributed by atoms with van der Waals surface area (Å²) >= 11 is 6.16. The van der Waals surface area contributed by atoms with Crippen molar-refractivity contribution in [2.75, 3.05) is 25.5 Å². The van der Waals surface area contributed by atoms with Crippen molar-refractivity contribution in [2.24, 2.45) is 0 Å². The van der Waals surface area contributed by atoms with E-state index >= 15 is 0 Å². The number of nitrogens with zero attached hydrogens (tertiary/aromatic N) is 4. The Bertz CT molecular complexity index is 1240. The zero-order valence-corrected chi connectivity index (χ0v) is 19.7. The van der Waals surface area contributed by atoms with Gasteiger partial charge < -0.3 is 10.1 Å². The second kappa shape index (κ2) is 9.68. The van der Waals surface area contributed by atoms with Crippen LogP contribution in [0.3, 0.4) is 0 Å². The van der Waals surface area contributed by atoms with Gasteiger partial charge in [0.05, 0.1) is 23.5 Å². The molecule has 0 fully saturated rings. The number of carbonyl (C=O) groups excluding carboxylic acids is 1. The van der Waals surface area contributed by atoms with Crippen LogP contribution in [0.2, 0.25) is 5.02 Å². The molecule has 3 rings (SSSR count). The van der Waals surface area contributed by atoms with E-state index in [0.717, 1.165) is 0 Å². The highest BCUT2D eigenvalue weighted by Crippen LogP contribution is 2.28. The normalized spacial score (nSPS) is 11.6. The maximum Gasteiger partial charge on any atom is 0.278 e. The summed E-state index contributed by atoms with van der Waals surface area (Å²) in [5, 5.41) is 10.8. The molecule has 11 heteroatoms. The summed E-state index contributed by atoms with van der Waals surface area (Å²) in [6, 6.07) is 11.5. The molecule has 1 aromatic heterocycles. The minimum absolute atomic E-state index is 0.0718. The lowest BCUT2D eigenvalue weighted by Gasteiger charge is -2.19. The third-order valence-electron chi connectivity index (χ3n) is 4.92. The van der Waals surface area contributed by atoms with Gasteiger partial charge in [-0.3, -0.25) is 4.79 Å². The predicted molar refractivity (Wildman–Crippen MR) is 122 cm³/mol. The number of hydrogen-bond acceptors (Lipinski definition) is 6. The van der Waals surface area contributed by atoms with Gasteiger partial charge in [0.2, 0.25) is 10.0 Å². The van der Waals surface area contributed by atoms with Crippen molar-refractivity contribution in [1.82, 2.24) is 19.3 Å². The lowest BCUT2D eigenvalue weighted by Crippen LogP contribution is -2.30. The molecule has 0 unspecified atom stereocenters. The van der Waals surface area contributed by atoms with Crippen LogP contribution in [0.25, 0.3) is 5.69 Å². The van der Waals surface area contributed by atoms with E-state index in [1.165, 1.54) is 27.2 Å². The topological polar surface area (TPSA) is 106 Å². The first-order valence-electron chi connectivity index (χ1n) is 9.90. The SMILES string of the molecule is CCN(CC)S(=O)(=O)c1cc(NC(=O)c2nnn(-c3cccc(OC)c3)c2C)ccc1Cl. The van der Waals surface area contributed by atoms with Crippen LogP contribution in [0.4, 0.5) is 5.69 Å². The Kier molecular flexibility index (Phi) is 7.17. The van der Waals surface area contributed by atoms with E-state index in [4.69, 9.17) is 16.3 Å². The van der Waals surface area contributed by atoms with Crippen LogP contribution in [-0.2, 0) is 10.0 Å². The first-order valence-corrected chi connectivity index (χ1v) is 11.7. The Morgan fingerprint density at radius 3 is 2.56 bits per heavy atom. The summed E-state index contributed by atoms with van der Waals surface area (Å²) in [6.45, 7) is 5.81. The molecule has 0 spiro atoms. The molecule has 2 aromatic carbocycles. The molecule has 170 valence electrons. The van der Waals surface area contributed by atoms with E-state index in [2.05, 4.69) is 15.6 Å². The average Bonchev–Trinajstić information content (AvgIpc) is 3.17. The van der Waals surface area contributed by atoms with Gasteiger partial charge in [0.25, 0.3) is 5.91 Å². The second-order valence-corrected chi connectivity index (χ2v) is 9.14. The van der Waals surface area contributed by atoms with Crippen molar-refractivity contribution in [3.8, 4) is 11.4 Å². The Morgan fingerprint density at radius 1 is 1.19 bits per heavy atom. The van der Waals surface area contributed by atoms with Gasteiger partial charge in [0.15, 0.2) is 5.69 Å². The Hall–Kier alpha value is -2.95. The molecule has 1 amide bonds. The van der Waals surface area contributed by atoms with E-state index in [0.29, 0.717) is 30.2 Å². The average molecular weight is 478 g/mol. The third kappa shape index (κ3) is 4.62. The minimum Gasteiger partial charge on any atom is -0.497 e. The number of anilines is 1. The quantitative estimate of drug-likeness (QED) is 0.532. The Balaban J connectivity index is 1.89. The van der Waals surface area contributed by atoms with Crippen LogP contribution < -0.4 is 10.1 Å². The summed E-state index contributed by atoms with van der Waals surface area (Å²) < 4.78 is 33.8. The predicted octanol–water partition coefficient (Wildman–Crippen LogP) is 3.52. The lowest BCUT2D eigenvalue weighted by molar-refractivity contribution is 0.102. The van der Waals surface area contributed by atoms with Crippen molar-refractivity contribution in [3.05, 3.63) is 58.9 Å². The van der Waals surface area contributed by atoms with Gasteiger partial charge in [-0.2, -0.15) is 4.31 Å². The number of amides is 1. The molecule has 32 heavy (non-hydrogen) atoms. The number of benzene rings is 2. The van der Waals surface area contributed by atoms with Crippen LogP contribution >= 0.6 is 11.6 Å². The van der Waals surface area contributed by atoms with Crippen LogP contribution in [-0.4, -0.2) is 53.8 Å². The number of rotatable bonds is 8. The van der Waals surface area contributed by atoms with E-state index in [-0.39, 0.29) is 21.3 Å². The second-order valence-electron chi connectivity index (χ2n) is 6.83. The highest BCUT2D eigenvalue weighted by molar-refractivity contribution is 7.89. The smallest absolute Gasteiger partial charge is 0.278 e. The van der Waals surface area contributed by atoms with Crippen LogP contribution in [0.15, 0.2) is 47.4 Å². The first-order chi connectivity index (χ1) is 15.2. The van der Waals surface area contributed by atoms with Crippen molar-refractivity contribution >= 4 is 33.2 Å². The zero-order chi connectivity index (χ0) is 23.5. The molecule has 0 aliphatic heterocycles. The zero-order valence-electron chi connectivity index (χ0n) is 18.2.